The first-order chi connectivity index (χ1) is 14.0. The Hall–Kier alpha value is -3.67. The monoisotopic (exact) mass is 436 g/mol. The van der Waals surface area contributed by atoms with Gasteiger partial charge in [0.05, 0.1) is 22.6 Å². The number of nitro benzene ring substituents is 1. The highest BCUT2D eigenvalue weighted by Crippen LogP contribution is 2.30. The number of nitrogens with zero attached hydrogens (tertiary/aromatic N) is 1. The van der Waals surface area contributed by atoms with E-state index in [1.54, 1.807) is 13.8 Å². The van der Waals surface area contributed by atoms with Gasteiger partial charge >= 0.3 is 0 Å². The van der Waals surface area contributed by atoms with Gasteiger partial charge in [0.2, 0.25) is 5.91 Å². The summed E-state index contributed by atoms with van der Waals surface area (Å²) in [4.78, 5) is 33.6. The Kier molecular flexibility index (Phi) is 6.95. The van der Waals surface area contributed by atoms with Gasteiger partial charge in [-0.3, -0.25) is 35.3 Å². The fourth-order valence-electron chi connectivity index (χ4n) is 2.21. The number of hydrogen-bond donors (Lipinski definition) is 3. The standard InChI is InChI=1S/C18H20N4O7S/c1-11(2)17(23)19-20-18(24)12-4-7-14(8-5-12)30(27,28)21-15-10-13(22(25)26)6-9-16(15)29-3/h4-11,21H,1-3H3,(H,19,23)(H,20,24). The van der Waals surface area contributed by atoms with Gasteiger partial charge in [-0.2, -0.15) is 0 Å². The van der Waals surface area contributed by atoms with E-state index in [1.165, 1.54) is 43.5 Å². The van der Waals surface area contributed by atoms with Gasteiger partial charge in [-0.15, -0.1) is 0 Å². The van der Waals surface area contributed by atoms with Crippen molar-refractivity contribution in [3.63, 3.8) is 0 Å². The van der Waals surface area contributed by atoms with Crippen LogP contribution in [0.1, 0.15) is 24.2 Å². The number of ether oxygens (including phenoxy) is 1. The van der Waals surface area contributed by atoms with Gasteiger partial charge in [-0.25, -0.2) is 8.42 Å². The quantitative estimate of drug-likeness (QED) is 0.441. The first-order valence-corrected chi connectivity index (χ1v) is 10.1. The van der Waals surface area contributed by atoms with Crippen molar-refractivity contribution in [3.05, 3.63) is 58.1 Å². The van der Waals surface area contributed by atoms with Crippen LogP contribution in [0.15, 0.2) is 47.4 Å². The summed E-state index contributed by atoms with van der Waals surface area (Å²) in [5.41, 5.74) is 4.17. The Morgan fingerprint density at radius 2 is 1.70 bits per heavy atom. The molecular formula is C18H20N4O7S. The molecule has 12 heteroatoms. The highest BCUT2D eigenvalue weighted by atomic mass is 32.2. The van der Waals surface area contributed by atoms with Crippen LogP contribution in [-0.4, -0.2) is 32.3 Å². The van der Waals surface area contributed by atoms with Crippen molar-refractivity contribution in [1.29, 1.82) is 0 Å². The lowest BCUT2D eigenvalue weighted by Crippen LogP contribution is -2.43. The summed E-state index contributed by atoms with van der Waals surface area (Å²) in [6.45, 7) is 3.31. The van der Waals surface area contributed by atoms with Crippen LogP contribution in [0.5, 0.6) is 5.75 Å². The maximum Gasteiger partial charge on any atom is 0.271 e. The van der Waals surface area contributed by atoms with Gasteiger partial charge in [-0.1, -0.05) is 13.8 Å². The van der Waals surface area contributed by atoms with Crippen molar-refractivity contribution in [2.24, 2.45) is 5.92 Å². The highest BCUT2D eigenvalue weighted by Gasteiger charge is 2.20. The maximum atomic E-state index is 12.6. The van der Waals surface area contributed by atoms with Gasteiger partial charge < -0.3 is 4.74 Å². The smallest absolute Gasteiger partial charge is 0.271 e. The van der Waals surface area contributed by atoms with Crippen molar-refractivity contribution >= 4 is 33.2 Å². The molecule has 11 nitrogen and oxygen atoms in total. The number of hydrogen-bond acceptors (Lipinski definition) is 7. The first kappa shape index (κ1) is 22.6. The number of benzene rings is 2. The molecular weight excluding hydrogens is 416 g/mol. The molecule has 0 aliphatic carbocycles. The topological polar surface area (TPSA) is 157 Å². The molecule has 160 valence electrons. The average molecular weight is 436 g/mol. The fraction of sp³-hybridized carbons (Fsp3) is 0.222. The molecule has 0 aromatic heterocycles. The zero-order valence-corrected chi connectivity index (χ0v) is 17.1. The highest BCUT2D eigenvalue weighted by molar-refractivity contribution is 7.92. The zero-order chi connectivity index (χ0) is 22.5. The molecule has 0 heterocycles. The molecule has 0 aliphatic rings. The molecule has 30 heavy (non-hydrogen) atoms. The molecule has 0 saturated heterocycles. The number of amides is 2. The van der Waals surface area contributed by atoms with E-state index in [2.05, 4.69) is 15.6 Å². The summed E-state index contributed by atoms with van der Waals surface area (Å²) in [6, 6.07) is 8.38. The lowest BCUT2D eigenvalue weighted by Gasteiger charge is -2.12. The van der Waals surface area contributed by atoms with Crippen LogP contribution in [0.4, 0.5) is 11.4 Å². The second-order valence-corrected chi connectivity index (χ2v) is 8.05. The van der Waals surface area contributed by atoms with Gasteiger partial charge in [0.1, 0.15) is 5.75 Å². The summed E-state index contributed by atoms with van der Waals surface area (Å²) in [6.07, 6.45) is 0. The molecule has 0 unspecified atom stereocenters. The van der Waals surface area contributed by atoms with Crippen molar-refractivity contribution in [2.75, 3.05) is 11.8 Å². The summed E-state index contributed by atoms with van der Waals surface area (Å²) in [5, 5.41) is 10.9. The SMILES string of the molecule is COc1ccc([N+](=O)[O-])cc1NS(=O)(=O)c1ccc(C(=O)NNC(=O)C(C)C)cc1. The predicted octanol–water partition coefficient (Wildman–Crippen LogP) is 1.82. The van der Waals surface area contributed by atoms with Crippen LogP contribution < -0.4 is 20.3 Å². The average Bonchev–Trinajstić information content (AvgIpc) is 2.71. The minimum absolute atomic E-state index is 0.0982. The molecule has 0 spiro atoms. The predicted molar refractivity (Wildman–Crippen MR) is 107 cm³/mol. The number of nitro groups is 1. The summed E-state index contributed by atoms with van der Waals surface area (Å²) in [5.74, 6) is -1.23. The third-order valence-electron chi connectivity index (χ3n) is 3.89. The largest absolute Gasteiger partial charge is 0.495 e. The summed E-state index contributed by atoms with van der Waals surface area (Å²) < 4.78 is 32.5. The van der Waals surface area contributed by atoms with Crippen molar-refractivity contribution < 1.29 is 27.7 Å². The third-order valence-corrected chi connectivity index (χ3v) is 5.27. The summed E-state index contributed by atoms with van der Waals surface area (Å²) >= 11 is 0. The van der Waals surface area contributed by atoms with E-state index < -0.39 is 20.9 Å². The summed E-state index contributed by atoms with van der Waals surface area (Å²) in [7, 11) is -2.83. The number of non-ortho nitro benzene ring substituents is 1. The van der Waals surface area contributed by atoms with E-state index in [0.29, 0.717) is 0 Å². The Morgan fingerprint density at radius 1 is 1.07 bits per heavy atom. The Morgan fingerprint density at radius 3 is 2.23 bits per heavy atom. The second kappa shape index (κ2) is 9.22. The van der Waals surface area contributed by atoms with Gasteiger partial charge in [0, 0.05) is 23.6 Å². The lowest BCUT2D eigenvalue weighted by atomic mass is 10.2. The Bertz CT molecular complexity index is 1070. The molecule has 0 fully saturated rings. The molecule has 0 atom stereocenters. The molecule has 2 rings (SSSR count). The van der Waals surface area contributed by atoms with Crippen molar-refractivity contribution in [2.45, 2.75) is 18.7 Å². The number of carbonyl (C=O) groups is 2. The first-order valence-electron chi connectivity index (χ1n) is 8.60. The molecule has 2 aromatic rings. The molecule has 0 radical (unpaired) electrons. The molecule has 0 bridgehead atoms. The second-order valence-electron chi connectivity index (χ2n) is 6.37. The number of anilines is 1. The minimum atomic E-state index is -4.12. The number of nitrogens with one attached hydrogen (secondary N) is 3. The minimum Gasteiger partial charge on any atom is -0.495 e. The van der Waals surface area contributed by atoms with Crippen LogP contribution in [0.25, 0.3) is 0 Å². The molecule has 3 N–H and O–H groups in total. The van der Waals surface area contributed by atoms with E-state index in [0.717, 1.165) is 6.07 Å². The third kappa shape index (κ3) is 5.44. The van der Waals surface area contributed by atoms with Crippen LogP contribution in [-0.2, 0) is 14.8 Å². The van der Waals surface area contributed by atoms with E-state index in [9.17, 15) is 28.1 Å². The van der Waals surface area contributed by atoms with Crippen molar-refractivity contribution in [1.82, 2.24) is 10.9 Å². The van der Waals surface area contributed by atoms with Crippen LogP contribution in [0.3, 0.4) is 0 Å². The number of hydrazine groups is 1. The number of carbonyl (C=O) groups excluding carboxylic acids is 2. The van der Waals surface area contributed by atoms with E-state index in [-0.39, 0.29) is 39.4 Å². The van der Waals surface area contributed by atoms with Gasteiger partial charge in [-0.05, 0) is 30.3 Å². The number of sulfonamides is 1. The zero-order valence-electron chi connectivity index (χ0n) is 16.3. The molecule has 2 amide bonds. The van der Waals surface area contributed by atoms with Gasteiger partial charge in [0.15, 0.2) is 0 Å². The van der Waals surface area contributed by atoms with E-state index in [4.69, 9.17) is 4.74 Å². The molecule has 0 saturated carbocycles. The molecule has 2 aromatic carbocycles. The van der Waals surface area contributed by atoms with Crippen LogP contribution in [0, 0.1) is 16.0 Å². The Labute approximate surface area is 172 Å². The molecule has 0 aliphatic heterocycles. The van der Waals surface area contributed by atoms with E-state index in [1.807, 2.05) is 0 Å². The van der Waals surface area contributed by atoms with Crippen LogP contribution in [0.2, 0.25) is 0 Å². The fourth-order valence-corrected chi connectivity index (χ4v) is 3.27. The lowest BCUT2D eigenvalue weighted by molar-refractivity contribution is -0.384. The number of rotatable bonds is 7. The van der Waals surface area contributed by atoms with Crippen LogP contribution >= 0.6 is 0 Å². The Balaban J connectivity index is 2.19. The normalized spacial score (nSPS) is 10.9. The van der Waals surface area contributed by atoms with Crippen molar-refractivity contribution in [3.8, 4) is 5.75 Å². The van der Waals surface area contributed by atoms with Gasteiger partial charge in [0.25, 0.3) is 21.6 Å². The maximum absolute atomic E-state index is 12.6. The number of methoxy groups -OCH3 is 1. The van der Waals surface area contributed by atoms with E-state index >= 15 is 0 Å².